The van der Waals surface area contributed by atoms with Crippen molar-refractivity contribution < 1.29 is 0 Å². The highest BCUT2D eigenvalue weighted by atomic mass is 32.1. The number of aryl methyl sites for hydroxylation is 1. The summed E-state index contributed by atoms with van der Waals surface area (Å²) < 4.78 is 0. The zero-order valence-corrected chi connectivity index (χ0v) is 16.4. The zero-order chi connectivity index (χ0) is 17.2. The van der Waals surface area contributed by atoms with Gasteiger partial charge in [-0.3, -0.25) is 4.90 Å². The van der Waals surface area contributed by atoms with Gasteiger partial charge in [-0.25, -0.2) is 9.98 Å². The minimum Gasteiger partial charge on any atom is -0.357 e. The highest BCUT2D eigenvalue weighted by molar-refractivity contribution is 7.11. The van der Waals surface area contributed by atoms with Crippen LogP contribution in [0, 0.1) is 18.8 Å². The van der Waals surface area contributed by atoms with E-state index in [9.17, 15) is 0 Å². The van der Waals surface area contributed by atoms with Crippen LogP contribution >= 0.6 is 11.3 Å². The van der Waals surface area contributed by atoms with Crippen LogP contribution in [0.15, 0.2) is 11.2 Å². The summed E-state index contributed by atoms with van der Waals surface area (Å²) in [4.78, 5) is 15.7. The molecule has 1 aliphatic heterocycles. The molecule has 1 aromatic heterocycles. The summed E-state index contributed by atoms with van der Waals surface area (Å²) in [5, 5.41) is 4.58. The Morgan fingerprint density at radius 1 is 1.28 bits per heavy atom. The van der Waals surface area contributed by atoms with E-state index in [0.29, 0.717) is 6.54 Å². The molecule has 1 aromatic rings. The molecule has 1 saturated heterocycles. The van der Waals surface area contributed by atoms with Gasteiger partial charge in [0.15, 0.2) is 5.96 Å². The molecule has 6 heteroatoms. The monoisotopic (exact) mass is 361 g/mol. The predicted octanol–water partition coefficient (Wildman–Crippen LogP) is 2.72. The van der Waals surface area contributed by atoms with Crippen molar-refractivity contribution in [3.63, 3.8) is 0 Å². The van der Waals surface area contributed by atoms with Crippen molar-refractivity contribution in [2.45, 2.75) is 52.1 Å². The Hall–Kier alpha value is -1.14. The van der Waals surface area contributed by atoms with Crippen LogP contribution < -0.4 is 5.32 Å². The highest BCUT2D eigenvalue weighted by Crippen LogP contribution is 2.46. The first-order valence-electron chi connectivity index (χ1n) is 9.91. The Kier molecular flexibility index (Phi) is 5.27. The normalized spacial score (nSPS) is 30.2. The summed E-state index contributed by atoms with van der Waals surface area (Å²) in [5.41, 5.74) is 0. The molecule has 0 spiro atoms. The maximum atomic E-state index is 4.84. The van der Waals surface area contributed by atoms with Crippen LogP contribution in [0.5, 0.6) is 0 Å². The Morgan fingerprint density at radius 2 is 2.12 bits per heavy atom. The first-order chi connectivity index (χ1) is 12.2. The van der Waals surface area contributed by atoms with Crippen molar-refractivity contribution in [3.8, 4) is 0 Å². The van der Waals surface area contributed by atoms with Crippen LogP contribution in [-0.2, 0) is 6.54 Å². The third kappa shape index (κ3) is 3.85. The summed E-state index contributed by atoms with van der Waals surface area (Å²) in [6, 6.07) is 0.874. The Labute approximate surface area is 155 Å². The van der Waals surface area contributed by atoms with E-state index in [-0.39, 0.29) is 0 Å². The molecule has 3 atom stereocenters. The first kappa shape index (κ1) is 17.3. The molecule has 2 heterocycles. The fraction of sp³-hybridized carbons (Fsp3) is 0.789. The second kappa shape index (κ2) is 7.62. The largest absolute Gasteiger partial charge is 0.357 e. The number of thiazole rings is 1. The van der Waals surface area contributed by atoms with Gasteiger partial charge in [0, 0.05) is 49.8 Å². The number of nitrogens with zero attached hydrogens (tertiary/aromatic N) is 4. The number of rotatable bonds is 4. The van der Waals surface area contributed by atoms with E-state index in [2.05, 4.69) is 33.9 Å². The molecule has 0 aromatic carbocycles. The average molecular weight is 362 g/mol. The van der Waals surface area contributed by atoms with Gasteiger partial charge in [-0.2, -0.15) is 0 Å². The molecule has 138 valence electrons. The predicted molar refractivity (Wildman–Crippen MR) is 104 cm³/mol. The third-order valence-electron chi connectivity index (χ3n) is 6.15. The minimum absolute atomic E-state index is 0.688. The molecule has 4 rings (SSSR count). The van der Waals surface area contributed by atoms with Crippen LogP contribution in [0.1, 0.15) is 42.5 Å². The van der Waals surface area contributed by atoms with Gasteiger partial charge < -0.3 is 10.2 Å². The van der Waals surface area contributed by atoms with E-state index in [1.165, 1.54) is 43.6 Å². The molecule has 1 N–H and O–H groups in total. The summed E-state index contributed by atoms with van der Waals surface area (Å²) in [6.45, 7) is 10.4. The molecule has 3 fully saturated rings. The van der Waals surface area contributed by atoms with E-state index >= 15 is 0 Å². The Morgan fingerprint density at radius 3 is 2.72 bits per heavy atom. The molecule has 25 heavy (non-hydrogen) atoms. The Bertz CT molecular complexity index is 605. The summed E-state index contributed by atoms with van der Waals surface area (Å²) in [5.74, 6) is 3.09. The quantitative estimate of drug-likeness (QED) is 0.661. The molecule has 2 aliphatic carbocycles. The first-order valence-corrected chi connectivity index (χ1v) is 10.7. The molecule has 0 radical (unpaired) electrons. The number of fused-ring (bicyclic) bond motifs is 2. The van der Waals surface area contributed by atoms with Crippen molar-refractivity contribution in [3.05, 3.63) is 16.1 Å². The molecule has 3 unspecified atom stereocenters. The van der Waals surface area contributed by atoms with Crippen LogP contribution in [0.4, 0.5) is 0 Å². The lowest BCUT2D eigenvalue weighted by Crippen LogP contribution is -2.55. The summed E-state index contributed by atoms with van der Waals surface area (Å²) in [7, 11) is 0. The van der Waals surface area contributed by atoms with Gasteiger partial charge >= 0.3 is 0 Å². The average Bonchev–Trinajstić information content (AvgIpc) is 3.36. The fourth-order valence-electron chi connectivity index (χ4n) is 4.97. The maximum absolute atomic E-state index is 4.84. The van der Waals surface area contributed by atoms with Gasteiger partial charge in [0.1, 0.15) is 5.01 Å². The van der Waals surface area contributed by atoms with Crippen molar-refractivity contribution >= 4 is 17.3 Å². The van der Waals surface area contributed by atoms with Crippen LogP contribution in [-0.4, -0.2) is 59.5 Å². The molecular formula is C19H31N5S. The summed E-state index contributed by atoms with van der Waals surface area (Å²) >= 11 is 1.75. The smallest absolute Gasteiger partial charge is 0.194 e. The second-order valence-corrected chi connectivity index (χ2v) is 9.12. The molecule has 0 amide bonds. The number of aliphatic imine (C=N–C) groups is 1. The van der Waals surface area contributed by atoms with Crippen molar-refractivity contribution in [1.29, 1.82) is 0 Å². The molecule has 2 bridgehead atoms. The lowest BCUT2D eigenvalue weighted by Gasteiger charge is -2.42. The maximum Gasteiger partial charge on any atom is 0.194 e. The second-order valence-electron chi connectivity index (χ2n) is 7.80. The molecule has 5 nitrogen and oxygen atoms in total. The minimum atomic E-state index is 0.688. The summed E-state index contributed by atoms with van der Waals surface area (Å²) in [6.07, 6.45) is 7.88. The van der Waals surface area contributed by atoms with Gasteiger partial charge in [-0.05, 0) is 44.9 Å². The van der Waals surface area contributed by atoms with E-state index in [1.807, 2.05) is 6.20 Å². The van der Waals surface area contributed by atoms with Crippen molar-refractivity contribution in [2.24, 2.45) is 16.8 Å². The van der Waals surface area contributed by atoms with Gasteiger partial charge in [-0.1, -0.05) is 6.42 Å². The van der Waals surface area contributed by atoms with Crippen molar-refractivity contribution in [2.75, 3.05) is 32.7 Å². The Balaban J connectivity index is 1.33. The molecular weight excluding hydrogens is 330 g/mol. The van der Waals surface area contributed by atoms with Gasteiger partial charge in [-0.15, -0.1) is 11.3 Å². The van der Waals surface area contributed by atoms with Crippen LogP contribution in [0.25, 0.3) is 0 Å². The fourth-order valence-corrected chi connectivity index (χ4v) is 5.68. The molecule has 2 saturated carbocycles. The van der Waals surface area contributed by atoms with E-state index in [0.717, 1.165) is 48.5 Å². The number of aromatic nitrogens is 1. The number of hydrogen-bond acceptors (Lipinski definition) is 4. The van der Waals surface area contributed by atoms with Crippen LogP contribution in [0.2, 0.25) is 0 Å². The lowest BCUT2D eigenvalue weighted by atomic mass is 9.93. The highest BCUT2D eigenvalue weighted by Gasteiger charge is 2.42. The van der Waals surface area contributed by atoms with E-state index in [1.54, 1.807) is 11.3 Å². The topological polar surface area (TPSA) is 43.8 Å². The van der Waals surface area contributed by atoms with Gasteiger partial charge in [0.25, 0.3) is 0 Å². The number of guanidine groups is 1. The number of hydrogen-bond donors (Lipinski definition) is 1. The van der Waals surface area contributed by atoms with E-state index in [4.69, 9.17) is 4.99 Å². The standard InChI is InChI=1S/C19H31N5S/c1-3-20-19(22-13-18-21-12-14(2)25-18)24-8-6-23(7-9-24)17-11-15-4-5-16(17)10-15/h12,15-17H,3-11,13H2,1-2H3,(H,20,22). The van der Waals surface area contributed by atoms with Crippen molar-refractivity contribution in [1.82, 2.24) is 20.1 Å². The zero-order valence-electron chi connectivity index (χ0n) is 15.6. The SMILES string of the molecule is CCNC(=NCc1ncc(C)s1)N1CCN(C2CC3CCC2C3)CC1. The molecule has 3 aliphatic rings. The van der Waals surface area contributed by atoms with Gasteiger partial charge in [0.05, 0.1) is 6.54 Å². The van der Waals surface area contributed by atoms with Gasteiger partial charge in [0.2, 0.25) is 0 Å². The third-order valence-corrected chi connectivity index (χ3v) is 7.05. The number of nitrogens with one attached hydrogen (secondary N) is 1. The van der Waals surface area contributed by atoms with E-state index < -0.39 is 0 Å². The number of piperazine rings is 1. The van der Waals surface area contributed by atoms with Crippen LogP contribution in [0.3, 0.4) is 0 Å². The lowest BCUT2D eigenvalue weighted by molar-refractivity contribution is 0.0958.